The molecule has 0 aromatic carbocycles. The van der Waals surface area contributed by atoms with E-state index in [-0.39, 0.29) is 0 Å². The fourth-order valence-corrected chi connectivity index (χ4v) is 2.39. The van der Waals surface area contributed by atoms with Crippen LogP contribution in [0, 0.1) is 0 Å². The van der Waals surface area contributed by atoms with E-state index >= 15 is 0 Å². The highest BCUT2D eigenvalue weighted by atomic mass is 32.1. The molecule has 2 heteroatoms. The maximum atomic E-state index is 5.95. The summed E-state index contributed by atoms with van der Waals surface area (Å²) in [6, 6.07) is 2.65. The maximum absolute atomic E-state index is 5.95. The van der Waals surface area contributed by atoms with Gasteiger partial charge in [-0.15, -0.1) is 0 Å². The Morgan fingerprint density at radius 1 is 1.36 bits per heavy atom. The highest BCUT2D eigenvalue weighted by Crippen LogP contribution is 2.11. The fraction of sp³-hybridized carbons (Fsp3) is 0.667. The van der Waals surface area contributed by atoms with Crippen LogP contribution >= 0.6 is 11.3 Å². The Morgan fingerprint density at radius 3 is 2.86 bits per heavy atom. The third-order valence-electron chi connectivity index (χ3n) is 2.53. The molecule has 14 heavy (non-hydrogen) atoms. The lowest BCUT2D eigenvalue weighted by atomic mass is 10.0. The van der Waals surface area contributed by atoms with Crippen molar-refractivity contribution >= 4 is 11.3 Å². The molecule has 2 N–H and O–H groups in total. The summed E-state index contributed by atoms with van der Waals surface area (Å²) in [5, 5.41) is 4.39. The van der Waals surface area contributed by atoms with Crippen LogP contribution in [0.3, 0.4) is 0 Å². The monoisotopic (exact) mass is 211 g/mol. The highest BCUT2D eigenvalue weighted by Gasteiger charge is 2.00. The molecule has 0 saturated carbocycles. The third-order valence-corrected chi connectivity index (χ3v) is 3.26. The van der Waals surface area contributed by atoms with E-state index in [1.165, 1.54) is 44.1 Å². The lowest BCUT2D eigenvalue weighted by molar-refractivity contribution is 0.527. The Kier molecular flexibility index (Phi) is 5.88. The van der Waals surface area contributed by atoms with Crippen molar-refractivity contribution in [2.24, 2.45) is 5.73 Å². The van der Waals surface area contributed by atoms with Gasteiger partial charge in [-0.25, -0.2) is 0 Å². The van der Waals surface area contributed by atoms with Gasteiger partial charge in [0.25, 0.3) is 0 Å². The summed E-state index contributed by atoms with van der Waals surface area (Å²) in [6.45, 7) is 2.20. The Morgan fingerprint density at radius 2 is 2.21 bits per heavy atom. The first kappa shape index (κ1) is 11.7. The molecule has 0 aliphatic rings. The van der Waals surface area contributed by atoms with Gasteiger partial charge >= 0.3 is 0 Å². The second-order valence-electron chi connectivity index (χ2n) is 3.93. The fourth-order valence-electron chi connectivity index (χ4n) is 1.69. The van der Waals surface area contributed by atoms with Crippen LogP contribution in [0.4, 0.5) is 0 Å². The molecule has 0 fully saturated rings. The van der Waals surface area contributed by atoms with Crippen LogP contribution in [-0.2, 0) is 6.42 Å². The zero-order valence-electron chi connectivity index (χ0n) is 9.04. The van der Waals surface area contributed by atoms with Gasteiger partial charge in [-0.1, -0.05) is 19.8 Å². The second kappa shape index (κ2) is 7.02. The SMILES string of the molecule is CCCC(N)CCCCc1ccsc1. The number of unbranched alkanes of at least 4 members (excludes halogenated alkanes) is 1. The lowest BCUT2D eigenvalue weighted by Crippen LogP contribution is -2.19. The van der Waals surface area contributed by atoms with Crippen molar-refractivity contribution in [1.29, 1.82) is 0 Å². The maximum Gasteiger partial charge on any atom is 0.00387 e. The van der Waals surface area contributed by atoms with Gasteiger partial charge in [-0.2, -0.15) is 11.3 Å². The van der Waals surface area contributed by atoms with Gasteiger partial charge in [-0.05, 0) is 48.1 Å². The molecule has 1 aromatic heterocycles. The van der Waals surface area contributed by atoms with E-state index in [1.807, 2.05) is 0 Å². The largest absolute Gasteiger partial charge is 0.328 e. The van der Waals surface area contributed by atoms with Crippen LogP contribution in [0.1, 0.15) is 44.6 Å². The summed E-state index contributed by atoms with van der Waals surface area (Å²) in [5.74, 6) is 0. The number of aryl methyl sites for hydroxylation is 1. The van der Waals surface area contributed by atoms with Gasteiger partial charge < -0.3 is 5.73 Å². The molecule has 1 aromatic rings. The number of rotatable bonds is 7. The molecule has 1 unspecified atom stereocenters. The standard InChI is InChI=1S/C12H21NS/c1-2-5-12(13)7-4-3-6-11-8-9-14-10-11/h8-10,12H,2-7,13H2,1H3. The first-order chi connectivity index (χ1) is 6.83. The Bertz CT molecular complexity index is 218. The molecule has 1 nitrogen and oxygen atoms in total. The Hall–Kier alpha value is -0.340. The van der Waals surface area contributed by atoms with Crippen LogP contribution in [0.5, 0.6) is 0 Å². The van der Waals surface area contributed by atoms with Gasteiger partial charge in [0.2, 0.25) is 0 Å². The van der Waals surface area contributed by atoms with Crippen molar-refractivity contribution in [3.05, 3.63) is 22.4 Å². The summed E-state index contributed by atoms with van der Waals surface area (Å²) in [7, 11) is 0. The summed E-state index contributed by atoms with van der Waals surface area (Å²) >= 11 is 1.79. The molecule has 1 atom stereocenters. The van der Waals surface area contributed by atoms with Crippen molar-refractivity contribution in [2.45, 2.75) is 51.5 Å². The van der Waals surface area contributed by atoms with Crippen molar-refractivity contribution in [3.63, 3.8) is 0 Å². The smallest absolute Gasteiger partial charge is 0.00387 e. The van der Waals surface area contributed by atoms with Crippen LogP contribution in [0.15, 0.2) is 16.8 Å². The molecule has 0 bridgehead atoms. The van der Waals surface area contributed by atoms with Gasteiger partial charge in [0.15, 0.2) is 0 Å². The molecule has 0 aliphatic carbocycles. The highest BCUT2D eigenvalue weighted by molar-refractivity contribution is 7.07. The number of hydrogen-bond donors (Lipinski definition) is 1. The molecule has 0 aliphatic heterocycles. The summed E-state index contributed by atoms with van der Waals surface area (Å²) in [6.07, 6.45) is 7.37. The summed E-state index contributed by atoms with van der Waals surface area (Å²) in [4.78, 5) is 0. The summed E-state index contributed by atoms with van der Waals surface area (Å²) in [5.41, 5.74) is 7.43. The van der Waals surface area contributed by atoms with E-state index in [4.69, 9.17) is 5.73 Å². The third kappa shape index (κ3) is 4.77. The zero-order valence-corrected chi connectivity index (χ0v) is 9.85. The molecule has 0 saturated heterocycles. The topological polar surface area (TPSA) is 26.0 Å². The number of hydrogen-bond acceptors (Lipinski definition) is 2. The molecule has 0 radical (unpaired) electrons. The van der Waals surface area contributed by atoms with Gasteiger partial charge in [0, 0.05) is 6.04 Å². The average Bonchev–Trinajstić information content (AvgIpc) is 2.65. The van der Waals surface area contributed by atoms with Crippen LogP contribution in [0.25, 0.3) is 0 Å². The quantitative estimate of drug-likeness (QED) is 0.685. The number of nitrogens with two attached hydrogens (primary N) is 1. The van der Waals surface area contributed by atoms with E-state index in [9.17, 15) is 0 Å². The van der Waals surface area contributed by atoms with E-state index in [0.29, 0.717) is 6.04 Å². The molecule has 80 valence electrons. The normalized spacial score (nSPS) is 13.0. The zero-order chi connectivity index (χ0) is 10.2. The first-order valence-electron chi connectivity index (χ1n) is 5.59. The second-order valence-corrected chi connectivity index (χ2v) is 4.71. The van der Waals surface area contributed by atoms with Crippen molar-refractivity contribution in [2.75, 3.05) is 0 Å². The van der Waals surface area contributed by atoms with E-state index in [0.717, 1.165) is 0 Å². The Balaban J connectivity index is 1.99. The van der Waals surface area contributed by atoms with E-state index in [2.05, 4.69) is 23.8 Å². The summed E-state index contributed by atoms with van der Waals surface area (Å²) < 4.78 is 0. The van der Waals surface area contributed by atoms with Crippen molar-refractivity contribution < 1.29 is 0 Å². The van der Waals surface area contributed by atoms with Crippen molar-refractivity contribution in [1.82, 2.24) is 0 Å². The lowest BCUT2D eigenvalue weighted by Gasteiger charge is -2.08. The average molecular weight is 211 g/mol. The minimum Gasteiger partial charge on any atom is -0.328 e. The minimum absolute atomic E-state index is 0.433. The van der Waals surface area contributed by atoms with Crippen LogP contribution < -0.4 is 5.73 Å². The van der Waals surface area contributed by atoms with Gasteiger partial charge in [0.1, 0.15) is 0 Å². The molecule has 1 rings (SSSR count). The van der Waals surface area contributed by atoms with Gasteiger partial charge in [-0.3, -0.25) is 0 Å². The molecular weight excluding hydrogens is 190 g/mol. The molecule has 0 spiro atoms. The number of thiophene rings is 1. The minimum atomic E-state index is 0.433. The predicted octanol–water partition coefficient (Wildman–Crippen LogP) is 3.59. The van der Waals surface area contributed by atoms with Crippen LogP contribution in [0.2, 0.25) is 0 Å². The van der Waals surface area contributed by atoms with Crippen LogP contribution in [-0.4, -0.2) is 6.04 Å². The van der Waals surface area contributed by atoms with Gasteiger partial charge in [0.05, 0.1) is 0 Å². The Labute approximate surface area is 91.3 Å². The first-order valence-corrected chi connectivity index (χ1v) is 6.54. The van der Waals surface area contributed by atoms with Crippen molar-refractivity contribution in [3.8, 4) is 0 Å². The predicted molar refractivity (Wildman–Crippen MR) is 64.8 cm³/mol. The molecular formula is C12H21NS. The molecule has 0 amide bonds. The molecule has 1 heterocycles. The van der Waals surface area contributed by atoms with E-state index < -0.39 is 0 Å². The van der Waals surface area contributed by atoms with E-state index in [1.54, 1.807) is 11.3 Å².